The van der Waals surface area contributed by atoms with Crippen LogP contribution in [0.2, 0.25) is 0 Å². The molecule has 1 aliphatic rings. The molecule has 25 heavy (non-hydrogen) atoms. The van der Waals surface area contributed by atoms with Crippen LogP contribution in [0.3, 0.4) is 0 Å². The molecule has 2 N–H and O–H groups in total. The number of hydrogen-bond acceptors (Lipinski definition) is 4. The molecule has 1 aliphatic carbocycles. The lowest BCUT2D eigenvalue weighted by atomic mass is 9.79. The van der Waals surface area contributed by atoms with Gasteiger partial charge in [-0.2, -0.15) is 0 Å². The van der Waals surface area contributed by atoms with Crippen molar-refractivity contribution in [1.82, 2.24) is 4.72 Å². The topological polar surface area (TPSA) is 75.6 Å². The Morgan fingerprint density at radius 2 is 1.96 bits per heavy atom. The molecule has 0 heterocycles. The summed E-state index contributed by atoms with van der Waals surface area (Å²) in [7, 11) is -2.25. The molecule has 5 nitrogen and oxygen atoms in total. The number of aliphatic hydroxyl groups is 1. The maximum Gasteiger partial charge on any atom is 0.240 e. The molecule has 0 aromatic heterocycles. The second-order valence-electron chi connectivity index (χ2n) is 6.19. The van der Waals surface area contributed by atoms with Crippen molar-refractivity contribution >= 4 is 10.0 Å². The van der Waals surface area contributed by atoms with Gasteiger partial charge in [0.2, 0.25) is 10.0 Å². The highest BCUT2D eigenvalue weighted by Gasteiger charge is 2.35. The van der Waals surface area contributed by atoms with Crippen LogP contribution in [0.4, 0.5) is 4.39 Å². The van der Waals surface area contributed by atoms with Crippen LogP contribution >= 0.6 is 0 Å². The lowest BCUT2D eigenvalue weighted by Gasteiger charge is -2.34. The van der Waals surface area contributed by atoms with Gasteiger partial charge < -0.3 is 9.84 Å². The van der Waals surface area contributed by atoms with E-state index in [2.05, 4.69) is 4.72 Å². The zero-order valence-electron chi connectivity index (χ0n) is 13.8. The zero-order chi connectivity index (χ0) is 18.1. The fraction of sp³-hybridized carbons (Fsp3) is 0.333. The van der Waals surface area contributed by atoms with E-state index in [1.807, 2.05) is 6.07 Å². The number of ether oxygens (including phenoxy) is 1. The van der Waals surface area contributed by atoms with Gasteiger partial charge in [0.15, 0.2) is 0 Å². The lowest BCUT2D eigenvalue weighted by molar-refractivity contribution is 0.0242. The van der Waals surface area contributed by atoms with Gasteiger partial charge in [0.25, 0.3) is 0 Å². The largest absolute Gasteiger partial charge is 0.497 e. The SMILES string of the molecule is COc1ccc2c(c1)CCCC2(O)CNS(=O)(=O)c1ccc(F)cc1. The third-order valence-electron chi connectivity index (χ3n) is 4.53. The van der Waals surface area contributed by atoms with E-state index < -0.39 is 21.4 Å². The van der Waals surface area contributed by atoms with Crippen molar-refractivity contribution in [2.24, 2.45) is 0 Å². The molecule has 0 saturated carbocycles. The molecule has 0 fully saturated rings. The van der Waals surface area contributed by atoms with Gasteiger partial charge in [0.1, 0.15) is 17.2 Å². The summed E-state index contributed by atoms with van der Waals surface area (Å²) in [5.74, 6) is 0.197. The molecule has 2 aromatic rings. The highest BCUT2D eigenvalue weighted by Crippen LogP contribution is 2.36. The van der Waals surface area contributed by atoms with Crippen LogP contribution < -0.4 is 9.46 Å². The van der Waals surface area contributed by atoms with Gasteiger partial charge in [-0.05, 0) is 66.8 Å². The Kier molecular flexibility index (Phi) is 4.81. The van der Waals surface area contributed by atoms with Crippen LogP contribution in [0, 0.1) is 5.82 Å². The number of hydrogen-bond donors (Lipinski definition) is 2. The Morgan fingerprint density at radius 1 is 1.24 bits per heavy atom. The second kappa shape index (κ2) is 6.74. The number of benzene rings is 2. The third kappa shape index (κ3) is 3.68. The summed E-state index contributed by atoms with van der Waals surface area (Å²) >= 11 is 0. The number of nitrogens with one attached hydrogen (secondary N) is 1. The van der Waals surface area contributed by atoms with Crippen molar-refractivity contribution in [3.05, 3.63) is 59.4 Å². The fourth-order valence-corrected chi connectivity index (χ4v) is 4.25. The molecule has 2 aromatic carbocycles. The van der Waals surface area contributed by atoms with Crippen molar-refractivity contribution < 1.29 is 22.7 Å². The molecule has 0 radical (unpaired) electrons. The number of halogens is 1. The van der Waals surface area contributed by atoms with E-state index in [0.29, 0.717) is 17.7 Å². The minimum absolute atomic E-state index is 0.0386. The number of aryl methyl sites for hydroxylation is 1. The average molecular weight is 365 g/mol. The molecule has 3 rings (SSSR count). The van der Waals surface area contributed by atoms with Crippen molar-refractivity contribution in [3.8, 4) is 5.75 Å². The first-order valence-electron chi connectivity index (χ1n) is 7.99. The summed E-state index contributed by atoms with van der Waals surface area (Å²) in [4.78, 5) is -0.0386. The van der Waals surface area contributed by atoms with Crippen molar-refractivity contribution in [3.63, 3.8) is 0 Å². The van der Waals surface area contributed by atoms with Gasteiger partial charge in [0.05, 0.1) is 12.0 Å². The first-order chi connectivity index (χ1) is 11.8. The molecular formula is C18H20FNO4S. The van der Waals surface area contributed by atoms with E-state index in [0.717, 1.165) is 30.5 Å². The van der Waals surface area contributed by atoms with E-state index in [9.17, 15) is 17.9 Å². The maximum absolute atomic E-state index is 13.0. The number of fused-ring (bicyclic) bond motifs is 1. The smallest absolute Gasteiger partial charge is 0.240 e. The Balaban J connectivity index is 1.82. The molecule has 0 spiro atoms. The number of rotatable bonds is 5. The van der Waals surface area contributed by atoms with Crippen molar-refractivity contribution in [2.45, 2.75) is 29.8 Å². The summed E-state index contributed by atoms with van der Waals surface area (Å²) in [6.07, 6.45) is 2.01. The van der Waals surface area contributed by atoms with Crippen molar-refractivity contribution in [2.75, 3.05) is 13.7 Å². The third-order valence-corrected chi connectivity index (χ3v) is 5.95. The van der Waals surface area contributed by atoms with E-state index in [1.54, 1.807) is 19.2 Å². The molecule has 0 amide bonds. The first-order valence-corrected chi connectivity index (χ1v) is 9.47. The lowest BCUT2D eigenvalue weighted by Crippen LogP contribution is -2.42. The Morgan fingerprint density at radius 3 is 2.64 bits per heavy atom. The van der Waals surface area contributed by atoms with E-state index in [1.165, 1.54) is 12.1 Å². The molecule has 1 unspecified atom stereocenters. The first kappa shape index (κ1) is 17.8. The van der Waals surface area contributed by atoms with Gasteiger partial charge in [-0.3, -0.25) is 0 Å². The quantitative estimate of drug-likeness (QED) is 0.853. The van der Waals surface area contributed by atoms with Gasteiger partial charge in [-0.1, -0.05) is 6.07 Å². The Hall–Kier alpha value is -1.96. The monoisotopic (exact) mass is 365 g/mol. The van der Waals surface area contributed by atoms with Gasteiger partial charge in [-0.25, -0.2) is 17.5 Å². The van der Waals surface area contributed by atoms with Crippen LogP contribution in [0.1, 0.15) is 24.0 Å². The van der Waals surface area contributed by atoms with Crippen LogP contribution in [0.5, 0.6) is 5.75 Å². The summed E-state index contributed by atoms with van der Waals surface area (Å²) in [5.41, 5.74) is 0.378. The molecule has 0 saturated heterocycles. The number of sulfonamides is 1. The van der Waals surface area contributed by atoms with E-state index in [-0.39, 0.29) is 11.4 Å². The van der Waals surface area contributed by atoms with Crippen LogP contribution in [0.15, 0.2) is 47.4 Å². The summed E-state index contributed by atoms with van der Waals surface area (Å²) in [6, 6.07) is 9.97. The highest BCUT2D eigenvalue weighted by molar-refractivity contribution is 7.89. The van der Waals surface area contributed by atoms with Gasteiger partial charge >= 0.3 is 0 Å². The van der Waals surface area contributed by atoms with E-state index in [4.69, 9.17) is 4.74 Å². The van der Waals surface area contributed by atoms with E-state index >= 15 is 0 Å². The normalized spacial score (nSPS) is 20.1. The summed E-state index contributed by atoms with van der Waals surface area (Å²) in [6.45, 7) is -0.147. The molecule has 0 bridgehead atoms. The number of methoxy groups -OCH3 is 1. The predicted octanol–water partition coefficient (Wildman–Crippen LogP) is 2.34. The minimum Gasteiger partial charge on any atom is -0.497 e. The Labute approximate surface area is 146 Å². The average Bonchev–Trinajstić information content (AvgIpc) is 2.60. The summed E-state index contributed by atoms with van der Waals surface area (Å²) in [5, 5.41) is 11.0. The molecule has 1 atom stereocenters. The molecule has 7 heteroatoms. The molecular weight excluding hydrogens is 345 g/mol. The standard InChI is InChI=1S/C18H20FNO4S/c1-24-15-6-9-17-13(11-15)3-2-10-18(17,21)12-20-25(22,23)16-7-4-14(19)5-8-16/h4-9,11,20-21H,2-3,10,12H2,1H3. The van der Waals surface area contributed by atoms with Crippen LogP contribution in [-0.2, 0) is 22.0 Å². The minimum atomic E-state index is -3.83. The second-order valence-corrected chi connectivity index (χ2v) is 7.95. The fourth-order valence-electron chi connectivity index (χ4n) is 3.16. The van der Waals surface area contributed by atoms with Crippen LogP contribution in [-0.4, -0.2) is 27.2 Å². The van der Waals surface area contributed by atoms with Gasteiger partial charge in [0, 0.05) is 6.54 Å². The Bertz CT molecular complexity index is 867. The zero-order valence-corrected chi connectivity index (χ0v) is 14.6. The predicted molar refractivity (Wildman–Crippen MR) is 91.4 cm³/mol. The molecule has 134 valence electrons. The van der Waals surface area contributed by atoms with Gasteiger partial charge in [-0.15, -0.1) is 0 Å². The van der Waals surface area contributed by atoms with Crippen LogP contribution in [0.25, 0.3) is 0 Å². The maximum atomic E-state index is 13.0. The molecule has 0 aliphatic heterocycles. The summed E-state index contributed by atoms with van der Waals surface area (Å²) < 4.78 is 45.4. The van der Waals surface area contributed by atoms with Crippen molar-refractivity contribution in [1.29, 1.82) is 0 Å². The highest BCUT2D eigenvalue weighted by atomic mass is 32.2.